The Morgan fingerprint density at radius 1 is 1.17 bits per heavy atom. The topological polar surface area (TPSA) is 58.6 Å². The molecule has 0 aliphatic heterocycles. The van der Waals surface area contributed by atoms with Crippen molar-refractivity contribution in [2.45, 2.75) is 20.8 Å². The first-order valence-electron chi connectivity index (χ1n) is 7.80. The van der Waals surface area contributed by atoms with Gasteiger partial charge in [-0.05, 0) is 49.7 Å². The highest BCUT2D eigenvalue weighted by molar-refractivity contribution is 6.08. The van der Waals surface area contributed by atoms with E-state index in [1.54, 1.807) is 23.1 Å². The zero-order chi connectivity index (χ0) is 17.7. The van der Waals surface area contributed by atoms with Crippen LogP contribution in [0.4, 0.5) is 11.4 Å². The minimum Gasteiger partial charge on any atom is -0.496 e. The van der Waals surface area contributed by atoms with Crippen LogP contribution < -0.4 is 15.0 Å². The summed E-state index contributed by atoms with van der Waals surface area (Å²) in [4.78, 5) is 26.0. The average Bonchev–Trinajstić information content (AvgIpc) is 2.55. The van der Waals surface area contributed by atoms with Gasteiger partial charge in [0, 0.05) is 24.8 Å². The lowest BCUT2D eigenvalue weighted by atomic mass is 10.1. The molecule has 24 heavy (non-hydrogen) atoms. The normalized spacial score (nSPS) is 10.2. The summed E-state index contributed by atoms with van der Waals surface area (Å²) in [6, 6.07) is 12.8. The molecule has 0 bridgehead atoms. The highest BCUT2D eigenvalue weighted by Gasteiger charge is 2.20. The lowest BCUT2D eigenvalue weighted by Crippen LogP contribution is -2.31. The zero-order valence-corrected chi connectivity index (χ0v) is 14.4. The number of ether oxygens (including phenoxy) is 1. The summed E-state index contributed by atoms with van der Waals surface area (Å²) in [6.07, 6.45) is 0. The predicted molar refractivity (Wildman–Crippen MR) is 95.8 cm³/mol. The van der Waals surface area contributed by atoms with Crippen molar-refractivity contribution in [1.29, 1.82) is 0 Å². The minimum atomic E-state index is -0.190. The maximum atomic E-state index is 13.0. The van der Waals surface area contributed by atoms with Crippen LogP contribution in [0.2, 0.25) is 0 Å². The van der Waals surface area contributed by atoms with Crippen LogP contribution in [0.5, 0.6) is 5.75 Å². The third-order valence-electron chi connectivity index (χ3n) is 3.62. The van der Waals surface area contributed by atoms with Gasteiger partial charge < -0.3 is 15.0 Å². The number of nitrogens with one attached hydrogen (secondary N) is 1. The molecule has 0 saturated heterocycles. The zero-order valence-electron chi connectivity index (χ0n) is 14.4. The second kappa shape index (κ2) is 7.64. The minimum absolute atomic E-state index is 0.174. The molecule has 1 N–H and O–H groups in total. The molecule has 0 atom stereocenters. The number of amides is 2. The third kappa shape index (κ3) is 3.93. The Kier molecular flexibility index (Phi) is 5.58. The van der Waals surface area contributed by atoms with Crippen LogP contribution in [0, 0.1) is 6.92 Å². The number of methoxy groups -OCH3 is 1. The van der Waals surface area contributed by atoms with Gasteiger partial charge in [0.1, 0.15) is 5.75 Å². The summed E-state index contributed by atoms with van der Waals surface area (Å²) in [7, 11) is 1.52. The lowest BCUT2D eigenvalue weighted by Gasteiger charge is -2.23. The third-order valence-corrected chi connectivity index (χ3v) is 3.62. The first-order valence-corrected chi connectivity index (χ1v) is 7.80. The van der Waals surface area contributed by atoms with E-state index >= 15 is 0 Å². The van der Waals surface area contributed by atoms with E-state index < -0.39 is 0 Å². The number of hydrogen-bond acceptors (Lipinski definition) is 3. The Bertz CT molecular complexity index is 756. The Morgan fingerprint density at radius 3 is 2.50 bits per heavy atom. The van der Waals surface area contributed by atoms with Crippen LogP contribution in [0.15, 0.2) is 42.5 Å². The van der Waals surface area contributed by atoms with E-state index in [0.717, 1.165) is 11.3 Å². The van der Waals surface area contributed by atoms with Gasteiger partial charge in [0.05, 0.1) is 12.7 Å². The molecule has 126 valence electrons. The molecular weight excluding hydrogens is 304 g/mol. The van der Waals surface area contributed by atoms with Gasteiger partial charge in [-0.15, -0.1) is 0 Å². The summed E-state index contributed by atoms with van der Waals surface area (Å²) in [5.41, 5.74) is 2.88. The number of aryl methyl sites for hydroxylation is 1. The number of carbonyl (C=O) groups is 2. The molecule has 0 fully saturated rings. The summed E-state index contributed by atoms with van der Waals surface area (Å²) in [6.45, 7) is 5.86. The van der Waals surface area contributed by atoms with Crippen LogP contribution >= 0.6 is 0 Å². The molecule has 0 saturated carbocycles. The smallest absolute Gasteiger partial charge is 0.262 e. The van der Waals surface area contributed by atoms with Gasteiger partial charge in [-0.1, -0.05) is 12.1 Å². The number of rotatable bonds is 5. The molecule has 5 nitrogen and oxygen atoms in total. The van der Waals surface area contributed by atoms with Gasteiger partial charge in [-0.25, -0.2) is 0 Å². The van der Waals surface area contributed by atoms with Crippen molar-refractivity contribution in [1.82, 2.24) is 0 Å². The molecule has 2 rings (SSSR count). The number of hydrogen-bond donors (Lipinski definition) is 1. The van der Waals surface area contributed by atoms with Crippen molar-refractivity contribution in [3.8, 4) is 5.75 Å². The van der Waals surface area contributed by atoms with Crippen LogP contribution in [0.1, 0.15) is 29.8 Å². The Morgan fingerprint density at radius 2 is 1.92 bits per heavy atom. The van der Waals surface area contributed by atoms with Crippen LogP contribution in [0.25, 0.3) is 0 Å². The van der Waals surface area contributed by atoms with Crippen molar-refractivity contribution in [3.05, 3.63) is 53.6 Å². The fourth-order valence-electron chi connectivity index (χ4n) is 2.54. The SMILES string of the molecule is CCN(C(=O)c1cc(NC(C)=O)ccc1OC)c1cccc(C)c1. The van der Waals surface area contributed by atoms with Crippen LogP contribution in [-0.2, 0) is 4.79 Å². The predicted octanol–water partition coefficient (Wildman–Crippen LogP) is 3.63. The molecule has 0 radical (unpaired) electrons. The molecule has 2 amide bonds. The van der Waals surface area contributed by atoms with Gasteiger partial charge in [0.2, 0.25) is 5.91 Å². The van der Waals surface area contributed by atoms with Crippen LogP contribution in [-0.4, -0.2) is 25.5 Å². The second-order valence-corrected chi connectivity index (χ2v) is 5.48. The number of benzene rings is 2. The average molecular weight is 326 g/mol. The molecule has 0 aliphatic rings. The molecule has 5 heteroatoms. The summed E-state index contributed by atoms with van der Waals surface area (Å²) in [5.74, 6) is 0.108. The highest BCUT2D eigenvalue weighted by atomic mass is 16.5. The van der Waals surface area contributed by atoms with Crippen molar-refractivity contribution in [2.24, 2.45) is 0 Å². The second-order valence-electron chi connectivity index (χ2n) is 5.48. The van der Waals surface area contributed by atoms with E-state index in [9.17, 15) is 9.59 Å². The first kappa shape index (κ1) is 17.5. The maximum Gasteiger partial charge on any atom is 0.262 e. The van der Waals surface area contributed by atoms with Crippen molar-refractivity contribution >= 4 is 23.2 Å². The number of carbonyl (C=O) groups excluding carboxylic acids is 2. The van der Waals surface area contributed by atoms with Crippen molar-refractivity contribution in [2.75, 3.05) is 23.9 Å². The molecule has 2 aromatic rings. The fraction of sp³-hybridized carbons (Fsp3) is 0.263. The summed E-state index contributed by atoms with van der Waals surface area (Å²) < 4.78 is 5.32. The van der Waals surface area contributed by atoms with Crippen molar-refractivity contribution < 1.29 is 14.3 Å². The largest absolute Gasteiger partial charge is 0.496 e. The fourth-order valence-corrected chi connectivity index (χ4v) is 2.54. The van der Waals surface area contributed by atoms with Gasteiger partial charge in [0.15, 0.2) is 0 Å². The quantitative estimate of drug-likeness (QED) is 0.913. The molecule has 0 unspecified atom stereocenters. The highest BCUT2D eigenvalue weighted by Crippen LogP contribution is 2.26. The van der Waals surface area contributed by atoms with Gasteiger partial charge in [-0.3, -0.25) is 9.59 Å². The molecule has 2 aromatic carbocycles. The van der Waals surface area contributed by atoms with E-state index in [2.05, 4.69) is 5.32 Å². The first-order chi connectivity index (χ1) is 11.5. The van der Waals surface area contributed by atoms with Gasteiger partial charge in [-0.2, -0.15) is 0 Å². The monoisotopic (exact) mass is 326 g/mol. The lowest BCUT2D eigenvalue weighted by molar-refractivity contribution is -0.114. The van der Waals surface area contributed by atoms with E-state index in [1.165, 1.54) is 14.0 Å². The van der Waals surface area contributed by atoms with Gasteiger partial charge >= 0.3 is 0 Å². The number of anilines is 2. The summed E-state index contributed by atoms with van der Waals surface area (Å²) in [5, 5.41) is 2.69. The summed E-state index contributed by atoms with van der Waals surface area (Å²) >= 11 is 0. The Labute approximate surface area is 142 Å². The van der Waals surface area contributed by atoms with Gasteiger partial charge in [0.25, 0.3) is 5.91 Å². The molecule has 0 aliphatic carbocycles. The Balaban J connectivity index is 2.43. The standard InChI is InChI=1S/C19H22N2O3/c1-5-21(16-8-6-7-13(2)11-16)19(23)17-12-15(20-14(3)22)9-10-18(17)24-4/h6-12H,5H2,1-4H3,(H,20,22). The molecule has 0 heterocycles. The van der Waals surface area contributed by atoms with Crippen molar-refractivity contribution in [3.63, 3.8) is 0 Å². The van der Waals surface area contributed by atoms with E-state index in [-0.39, 0.29) is 11.8 Å². The van der Waals surface area contributed by atoms with E-state index in [1.807, 2.05) is 38.1 Å². The number of nitrogens with zero attached hydrogens (tertiary/aromatic N) is 1. The van der Waals surface area contributed by atoms with E-state index in [0.29, 0.717) is 23.5 Å². The molecular formula is C19H22N2O3. The molecule has 0 spiro atoms. The van der Waals surface area contributed by atoms with Crippen LogP contribution in [0.3, 0.4) is 0 Å². The molecule has 0 aromatic heterocycles. The Hall–Kier alpha value is -2.82. The van der Waals surface area contributed by atoms with E-state index in [4.69, 9.17) is 4.74 Å². The maximum absolute atomic E-state index is 13.0.